The Hall–Kier alpha value is 0.0200. The highest BCUT2D eigenvalue weighted by Gasteiger charge is 2.15. The number of pyridine rings is 1. The Bertz CT molecular complexity index is 322. The molecule has 13 heavy (non-hydrogen) atoms. The molecule has 0 aliphatic carbocycles. The lowest BCUT2D eigenvalue weighted by Gasteiger charge is -2.06. The Kier molecular flexibility index (Phi) is 3.84. The van der Waals surface area contributed by atoms with Crippen molar-refractivity contribution in [2.24, 2.45) is 0 Å². The van der Waals surface area contributed by atoms with E-state index in [1.165, 1.54) is 13.2 Å². The van der Waals surface area contributed by atoms with Crippen molar-refractivity contribution in [1.82, 2.24) is 4.98 Å². The van der Waals surface area contributed by atoms with Crippen LogP contribution in [0.2, 0.25) is 0 Å². The maximum Gasteiger partial charge on any atom is 0.280 e. The van der Waals surface area contributed by atoms with Crippen LogP contribution in [0.5, 0.6) is 5.88 Å². The molecule has 0 aliphatic rings. The van der Waals surface area contributed by atoms with Crippen molar-refractivity contribution in [3.8, 4) is 5.88 Å². The van der Waals surface area contributed by atoms with Gasteiger partial charge in [-0.05, 0) is 44.6 Å². The third-order valence-electron chi connectivity index (χ3n) is 1.32. The van der Waals surface area contributed by atoms with Gasteiger partial charge in [0.25, 0.3) is 6.43 Å². The molecule has 1 rings (SSSR count). The first kappa shape index (κ1) is 11.1. The zero-order chi connectivity index (χ0) is 10.0. The summed E-state index contributed by atoms with van der Waals surface area (Å²) in [7, 11) is 1.40. The predicted molar refractivity (Wildman–Crippen MR) is 56.2 cm³/mol. The fraction of sp³-hybridized carbons (Fsp3) is 0.286. The van der Waals surface area contributed by atoms with E-state index in [9.17, 15) is 8.78 Å². The van der Waals surface area contributed by atoms with E-state index in [2.05, 4.69) is 20.9 Å². The highest BCUT2D eigenvalue weighted by Crippen LogP contribution is 2.30. The number of ether oxygens (including phenoxy) is 1. The number of alkyl halides is 2. The van der Waals surface area contributed by atoms with Crippen molar-refractivity contribution in [3.05, 3.63) is 19.8 Å². The van der Waals surface area contributed by atoms with Crippen molar-refractivity contribution in [2.75, 3.05) is 7.11 Å². The number of nitrogens with zero attached hydrogens (tertiary/aromatic N) is 1. The van der Waals surface area contributed by atoms with Gasteiger partial charge in [0, 0.05) is 4.47 Å². The van der Waals surface area contributed by atoms with Crippen molar-refractivity contribution >= 4 is 38.5 Å². The van der Waals surface area contributed by atoms with Crippen molar-refractivity contribution in [2.45, 2.75) is 6.43 Å². The molecule has 0 aliphatic heterocycles. The highest BCUT2D eigenvalue weighted by molar-refractivity contribution is 14.1. The van der Waals surface area contributed by atoms with Crippen LogP contribution in [0, 0.1) is 3.57 Å². The van der Waals surface area contributed by atoms with E-state index in [1.807, 2.05) is 22.6 Å². The minimum atomic E-state index is -2.58. The number of hydrogen-bond acceptors (Lipinski definition) is 2. The van der Waals surface area contributed by atoms with Crippen LogP contribution in [0.4, 0.5) is 8.78 Å². The van der Waals surface area contributed by atoms with Gasteiger partial charge in [-0.25, -0.2) is 13.8 Å². The van der Waals surface area contributed by atoms with E-state index in [0.29, 0.717) is 8.04 Å². The molecule has 1 aromatic heterocycles. The normalized spacial score (nSPS) is 10.6. The first-order valence-electron chi connectivity index (χ1n) is 3.24. The molecular weight excluding hydrogens is 359 g/mol. The van der Waals surface area contributed by atoms with Gasteiger partial charge in [-0.2, -0.15) is 0 Å². The molecule has 1 aromatic rings. The third kappa shape index (κ3) is 2.49. The second-order valence-corrected chi connectivity index (χ2v) is 4.09. The molecule has 0 bridgehead atoms. The Balaban J connectivity index is 3.22. The summed E-state index contributed by atoms with van der Waals surface area (Å²) in [5.74, 6) is 0.213. The van der Waals surface area contributed by atoms with Gasteiger partial charge in [-0.1, -0.05) is 0 Å². The van der Waals surface area contributed by atoms with Gasteiger partial charge >= 0.3 is 0 Å². The van der Waals surface area contributed by atoms with Crippen LogP contribution < -0.4 is 4.74 Å². The zero-order valence-electron chi connectivity index (χ0n) is 6.52. The van der Waals surface area contributed by atoms with Crippen molar-refractivity contribution in [1.29, 1.82) is 0 Å². The molecule has 0 amide bonds. The van der Waals surface area contributed by atoms with Gasteiger partial charge in [-0.3, -0.25) is 0 Å². The Labute approximate surface area is 96.0 Å². The van der Waals surface area contributed by atoms with Crippen molar-refractivity contribution < 1.29 is 13.5 Å². The zero-order valence-corrected chi connectivity index (χ0v) is 10.3. The van der Waals surface area contributed by atoms with Crippen LogP contribution in [0.1, 0.15) is 12.1 Å². The van der Waals surface area contributed by atoms with E-state index < -0.39 is 6.43 Å². The summed E-state index contributed by atoms with van der Waals surface area (Å²) in [6.45, 7) is 0. The second-order valence-electron chi connectivity index (χ2n) is 2.15. The predicted octanol–water partition coefficient (Wildman–Crippen LogP) is 3.39. The molecule has 2 nitrogen and oxygen atoms in total. The lowest BCUT2D eigenvalue weighted by atomic mass is 10.3. The van der Waals surface area contributed by atoms with E-state index >= 15 is 0 Å². The van der Waals surface area contributed by atoms with E-state index in [-0.39, 0.29) is 11.6 Å². The number of halogens is 4. The Morgan fingerprint density at radius 1 is 1.62 bits per heavy atom. The Morgan fingerprint density at radius 3 is 2.69 bits per heavy atom. The van der Waals surface area contributed by atoms with Crippen LogP contribution in [0.3, 0.4) is 0 Å². The largest absolute Gasteiger partial charge is 0.480 e. The Morgan fingerprint density at radius 2 is 2.23 bits per heavy atom. The minimum absolute atomic E-state index is 0.213. The van der Waals surface area contributed by atoms with E-state index in [1.54, 1.807) is 0 Å². The van der Waals surface area contributed by atoms with Gasteiger partial charge in [-0.15, -0.1) is 0 Å². The van der Waals surface area contributed by atoms with Crippen LogP contribution >= 0.6 is 38.5 Å². The number of aromatic nitrogens is 1. The second kappa shape index (κ2) is 4.50. The van der Waals surface area contributed by atoms with Crippen molar-refractivity contribution in [3.63, 3.8) is 0 Å². The summed E-state index contributed by atoms with van der Waals surface area (Å²) in [6.07, 6.45) is -2.58. The van der Waals surface area contributed by atoms with Gasteiger partial charge < -0.3 is 4.74 Å². The maximum atomic E-state index is 12.3. The van der Waals surface area contributed by atoms with Crippen LogP contribution in [-0.2, 0) is 0 Å². The summed E-state index contributed by atoms with van der Waals surface area (Å²) in [4.78, 5) is 3.64. The lowest BCUT2D eigenvalue weighted by Crippen LogP contribution is -1.97. The molecule has 0 aromatic carbocycles. The average Bonchev–Trinajstić information content (AvgIpc) is 2.09. The van der Waals surface area contributed by atoms with Crippen LogP contribution in [0.25, 0.3) is 0 Å². The summed E-state index contributed by atoms with van der Waals surface area (Å²) < 4.78 is 30.6. The summed E-state index contributed by atoms with van der Waals surface area (Å²) in [5.41, 5.74) is -0.288. The number of rotatable bonds is 2. The first-order chi connectivity index (χ1) is 6.06. The summed E-state index contributed by atoms with van der Waals surface area (Å²) in [5, 5.41) is 0. The molecule has 0 fully saturated rings. The van der Waals surface area contributed by atoms with E-state index in [0.717, 1.165) is 0 Å². The molecule has 0 spiro atoms. The van der Waals surface area contributed by atoms with Gasteiger partial charge in [0.05, 0.1) is 10.7 Å². The summed E-state index contributed by atoms with van der Waals surface area (Å²) in [6, 6.07) is 1.29. The maximum absolute atomic E-state index is 12.3. The third-order valence-corrected chi connectivity index (χ3v) is 3.73. The first-order valence-corrected chi connectivity index (χ1v) is 5.11. The molecule has 0 saturated carbocycles. The molecular formula is C7H5BrF2INO. The SMILES string of the molecule is COc1nc(C(F)F)cc(Br)c1I. The fourth-order valence-electron chi connectivity index (χ4n) is 0.741. The molecule has 0 N–H and O–H groups in total. The van der Waals surface area contributed by atoms with E-state index in [4.69, 9.17) is 4.74 Å². The topological polar surface area (TPSA) is 22.1 Å². The molecule has 0 unspecified atom stereocenters. The summed E-state index contributed by atoms with van der Waals surface area (Å²) >= 11 is 5.11. The minimum Gasteiger partial charge on any atom is -0.480 e. The molecule has 0 saturated heterocycles. The number of hydrogen-bond donors (Lipinski definition) is 0. The fourth-order valence-corrected chi connectivity index (χ4v) is 1.64. The van der Waals surface area contributed by atoms with Gasteiger partial charge in [0.15, 0.2) is 0 Å². The lowest BCUT2D eigenvalue weighted by molar-refractivity contribution is 0.145. The average molecular weight is 364 g/mol. The monoisotopic (exact) mass is 363 g/mol. The standard InChI is InChI=1S/C7H5BrF2INO/c1-13-7-5(11)3(8)2-4(12-7)6(9)10/h2,6H,1H3. The van der Waals surface area contributed by atoms with Gasteiger partial charge in [0.2, 0.25) is 5.88 Å². The number of methoxy groups -OCH3 is 1. The smallest absolute Gasteiger partial charge is 0.280 e. The molecule has 6 heteroatoms. The molecule has 0 atom stereocenters. The van der Waals surface area contributed by atoms with Crippen LogP contribution in [-0.4, -0.2) is 12.1 Å². The molecule has 1 heterocycles. The quantitative estimate of drug-likeness (QED) is 0.751. The molecule has 72 valence electrons. The van der Waals surface area contributed by atoms with Crippen LogP contribution in [0.15, 0.2) is 10.5 Å². The highest BCUT2D eigenvalue weighted by atomic mass is 127. The van der Waals surface area contributed by atoms with Gasteiger partial charge in [0.1, 0.15) is 5.69 Å². The molecule has 0 radical (unpaired) electrons.